The van der Waals surface area contributed by atoms with Crippen molar-refractivity contribution in [3.05, 3.63) is 78.9 Å². The Morgan fingerprint density at radius 2 is 1.26 bits per heavy atom. The van der Waals surface area contributed by atoms with Crippen molar-refractivity contribution in [1.82, 2.24) is 4.98 Å². The molecule has 2 N–H and O–H groups in total. The van der Waals surface area contributed by atoms with Crippen molar-refractivity contribution in [2.24, 2.45) is 0 Å². The fraction of sp³-hybridized carbons (Fsp3) is 0.0500. The summed E-state index contributed by atoms with van der Waals surface area (Å²) in [5, 5.41) is 5.16. The maximum Gasteiger partial charge on any atom is 0.233 e. The van der Waals surface area contributed by atoms with E-state index in [4.69, 9.17) is 4.74 Å². The quantitative estimate of drug-likeness (QED) is 0.648. The second-order valence-corrected chi connectivity index (χ2v) is 5.59. The molecule has 0 bridgehead atoms. The smallest absolute Gasteiger partial charge is 0.233 e. The van der Waals surface area contributed by atoms with Gasteiger partial charge in [0.05, 0.1) is 0 Å². The van der Waals surface area contributed by atoms with Crippen LogP contribution < -0.4 is 15.4 Å². The Morgan fingerprint density at radius 1 is 0.778 bits per heavy atom. The van der Waals surface area contributed by atoms with Gasteiger partial charge in [0.1, 0.15) is 23.7 Å². The molecule has 2 aromatic carbocycles. The van der Waals surface area contributed by atoms with Crippen LogP contribution in [0.1, 0.15) is 6.42 Å². The van der Waals surface area contributed by atoms with Crippen molar-refractivity contribution in [2.75, 3.05) is 10.6 Å². The number of carbonyl (C=O) groups is 2. The Labute approximate surface area is 155 Å². The van der Waals surface area contributed by atoms with Gasteiger partial charge in [0, 0.05) is 23.8 Å². The molecule has 3 aromatic rings. The van der Waals surface area contributed by atoms with Crippen molar-refractivity contribution in [2.45, 2.75) is 6.42 Å². The molecule has 1 heterocycles. The van der Waals surface area contributed by atoms with Crippen molar-refractivity contribution in [3.8, 4) is 11.5 Å². The molecule has 0 atom stereocenters. The predicted molar refractivity (Wildman–Crippen MR) is 99.0 cm³/mol. The maximum absolute atomic E-state index is 12.8. The molecule has 27 heavy (non-hydrogen) atoms. The highest BCUT2D eigenvalue weighted by Crippen LogP contribution is 2.22. The minimum Gasteiger partial charge on any atom is -0.457 e. The third kappa shape index (κ3) is 5.64. The SMILES string of the molecule is O=C(CC(=O)Nc1ccc(Oc2ccncc2)cc1)Nc1ccc(F)cc1. The van der Waals surface area contributed by atoms with E-state index < -0.39 is 17.6 Å². The first-order chi connectivity index (χ1) is 13.1. The topological polar surface area (TPSA) is 80.3 Å². The van der Waals surface area contributed by atoms with Gasteiger partial charge in [-0.2, -0.15) is 0 Å². The van der Waals surface area contributed by atoms with Gasteiger partial charge in [-0.25, -0.2) is 4.39 Å². The standard InChI is InChI=1S/C20H16FN3O3/c21-14-1-3-15(4-2-14)23-19(25)13-20(26)24-16-5-7-17(8-6-16)27-18-9-11-22-12-10-18/h1-12H,13H2,(H,23,25)(H,24,26). The Hall–Kier alpha value is -3.74. The molecule has 0 saturated carbocycles. The predicted octanol–water partition coefficient (Wildman–Crippen LogP) is 3.98. The molecular weight excluding hydrogens is 349 g/mol. The summed E-state index contributed by atoms with van der Waals surface area (Å²) < 4.78 is 18.5. The monoisotopic (exact) mass is 365 g/mol. The van der Waals surface area contributed by atoms with Gasteiger partial charge >= 0.3 is 0 Å². The van der Waals surface area contributed by atoms with Crippen LogP contribution in [-0.2, 0) is 9.59 Å². The molecule has 0 saturated heterocycles. The summed E-state index contributed by atoms with van der Waals surface area (Å²) >= 11 is 0. The number of anilines is 2. The zero-order valence-electron chi connectivity index (χ0n) is 14.2. The summed E-state index contributed by atoms with van der Waals surface area (Å²) in [5.41, 5.74) is 0.962. The minimum atomic E-state index is -0.489. The number of ether oxygens (including phenoxy) is 1. The molecule has 136 valence electrons. The molecular formula is C20H16FN3O3. The van der Waals surface area contributed by atoms with Crippen LogP contribution in [0.2, 0.25) is 0 Å². The van der Waals surface area contributed by atoms with Crippen LogP contribution in [0.5, 0.6) is 11.5 Å². The van der Waals surface area contributed by atoms with Crippen LogP contribution in [0.25, 0.3) is 0 Å². The van der Waals surface area contributed by atoms with Crippen LogP contribution in [-0.4, -0.2) is 16.8 Å². The summed E-state index contributed by atoms with van der Waals surface area (Å²) in [5.74, 6) is -0.0937. The summed E-state index contributed by atoms with van der Waals surface area (Å²) in [7, 11) is 0. The largest absolute Gasteiger partial charge is 0.457 e. The number of hydrogen-bond acceptors (Lipinski definition) is 4. The van der Waals surface area contributed by atoms with E-state index in [-0.39, 0.29) is 6.42 Å². The van der Waals surface area contributed by atoms with E-state index in [1.807, 2.05) is 0 Å². The summed E-state index contributed by atoms with van der Waals surface area (Å²) in [6.07, 6.45) is 2.90. The first-order valence-electron chi connectivity index (χ1n) is 8.12. The van der Waals surface area contributed by atoms with Crippen LogP contribution >= 0.6 is 0 Å². The number of halogens is 1. The first kappa shape index (κ1) is 18.1. The number of pyridine rings is 1. The highest BCUT2D eigenvalue weighted by Gasteiger charge is 2.10. The number of carbonyl (C=O) groups excluding carboxylic acids is 2. The van der Waals surface area contributed by atoms with Crippen molar-refractivity contribution in [1.29, 1.82) is 0 Å². The zero-order chi connectivity index (χ0) is 19.1. The molecule has 0 unspecified atom stereocenters. The van der Waals surface area contributed by atoms with Gasteiger partial charge in [0.15, 0.2) is 0 Å². The lowest BCUT2D eigenvalue weighted by Crippen LogP contribution is -2.21. The average Bonchev–Trinajstić information content (AvgIpc) is 2.66. The highest BCUT2D eigenvalue weighted by molar-refractivity contribution is 6.08. The van der Waals surface area contributed by atoms with Crippen molar-refractivity contribution < 1.29 is 18.7 Å². The summed E-state index contributed by atoms with van der Waals surface area (Å²) in [6.45, 7) is 0. The second-order valence-electron chi connectivity index (χ2n) is 5.59. The molecule has 0 aliphatic carbocycles. The molecule has 1 aromatic heterocycles. The van der Waals surface area contributed by atoms with Gasteiger partial charge in [-0.3, -0.25) is 14.6 Å². The van der Waals surface area contributed by atoms with Gasteiger partial charge in [-0.05, 0) is 60.7 Å². The summed E-state index contributed by atoms with van der Waals surface area (Å²) in [4.78, 5) is 27.7. The lowest BCUT2D eigenvalue weighted by atomic mass is 10.2. The van der Waals surface area contributed by atoms with Gasteiger partial charge in [-0.1, -0.05) is 0 Å². The number of hydrogen-bond donors (Lipinski definition) is 2. The molecule has 0 radical (unpaired) electrons. The normalized spacial score (nSPS) is 10.1. The molecule has 0 fully saturated rings. The fourth-order valence-corrected chi connectivity index (χ4v) is 2.24. The Morgan fingerprint density at radius 3 is 1.81 bits per heavy atom. The molecule has 3 rings (SSSR count). The van der Waals surface area contributed by atoms with Crippen LogP contribution in [0.4, 0.5) is 15.8 Å². The number of nitrogens with one attached hydrogen (secondary N) is 2. The number of amides is 2. The van der Waals surface area contributed by atoms with Crippen molar-refractivity contribution in [3.63, 3.8) is 0 Å². The Balaban J connectivity index is 1.50. The third-order valence-corrected chi connectivity index (χ3v) is 3.47. The molecule has 6 nitrogen and oxygen atoms in total. The van der Waals surface area contributed by atoms with E-state index in [0.717, 1.165) is 0 Å². The van der Waals surface area contributed by atoms with E-state index in [0.29, 0.717) is 22.9 Å². The van der Waals surface area contributed by atoms with E-state index in [1.54, 1.807) is 48.8 Å². The molecule has 0 spiro atoms. The van der Waals surface area contributed by atoms with Gasteiger partial charge < -0.3 is 15.4 Å². The minimum absolute atomic E-state index is 0.355. The van der Waals surface area contributed by atoms with Crippen LogP contribution in [0.15, 0.2) is 73.1 Å². The molecule has 2 amide bonds. The molecule has 0 aliphatic rings. The second kappa shape index (κ2) is 8.57. The van der Waals surface area contributed by atoms with Crippen LogP contribution in [0, 0.1) is 5.82 Å². The summed E-state index contributed by atoms with van der Waals surface area (Å²) in [6, 6.07) is 15.5. The number of nitrogens with zero attached hydrogens (tertiary/aromatic N) is 1. The van der Waals surface area contributed by atoms with E-state index in [9.17, 15) is 14.0 Å². The van der Waals surface area contributed by atoms with E-state index >= 15 is 0 Å². The highest BCUT2D eigenvalue weighted by atomic mass is 19.1. The third-order valence-electron chi connectivity index (χ3n) is 3.47. The maximum atomic E-state index is 12.8. The Bertz CT molecular complexity index is 913. The van der Waals surface area contributed by atoms with Crippen molar-refractivity contribution >= 4 is 23.2 Å². The molecule has 0 aliphatic heterocycles. The van der Waals surface area contributed by atoms with Gasteiger partial charge in [0.2, 0.25) is 11.8 Å². The average molecular weight is 365 g/mol. The molecule has 7 heteroatoms. The number of benzene rings is 2. The van der Waals surface area contributed by atoms with Crippen LogP contribution in [0.3, 0.4) is 0 Å². The van der Waals surface area contributed by atoms with Gasteiger partial charge in [0.25, 0.3) is 0 Å². The zero-order valence-corrected chi connectivity index (χ0v) is 14.2. The number of rotatable bonds is 6. The fourth-order valence-electron chi connectivity index (χ4n) is 2.24. The first-order valence-corrected chi connectivity index (χ1v) is 8.12. The lowest BCUT2D eigenvalue weighted by molar-refractivity contribution is -0.123. The van der Waals surface area contributed by atoms with Gasteiger partial charge in [-0.15, -0.1) is 0 Å². The lowest BCUT2D eigenvalue weighted by Gasteiger charge is -2.08. The Kier molecular flexibility index (Phi) is 5.73. The van der Waals surface area contributed by atoms with E-state index in [2.05, 4.69) is 15.6 Å². The van der Waals surface area contributed by atoms with E-state index in [1.165, 1.54) is 24.3 Å². The number of aromatic nitrogens is 1.